The van der Waals surface area contributed by atoms with Gasteiger partial charge in [-0.25, -0.2) is 0 Å². The number of amides is 1. The predicted molar refractivity (Wildman–Crippen MR) is 101 cm³/mol. The largest absolute Gasteiger partial charge is 0.346 e. The number of quaternary nitrogens is 2. The molecule has 1 fully saturated rings. The van der Waals surface area contributed by atoms with Crippen molar-refractivity contribution in [3.63, 3.8) is 0 Å². The first-order valence-electron chi connectivity index (χ1n) is 8.36. The van der Waals surface area contributed by atoms with E-state index in [1.807, 2.05) is 24.3 Å². The van der Waals surface area contributed by atoms with Gasteiger partial charge in [0.1, 0.15) is 32.2 Å². The van der Waals surface area contributed by atoms with Gasteiger partial charge in [-0.1, -0.05) is 28.1 Å². The Labute approximate surface area is 155 Å². The average Bonchev–Trinajstić information content (AvgIpc) is 3.11. The van der Waals surface area contributed by atoms with Gasteiger partial charge >= 0.3 is 0 Å². The molecule has 1 aliphatic rings. The van der Waals surface area contributed by atoms with Gasteiger partial charge in [-0.2, -0.15) is 0 Å². The third-order valence-electron chi connectivity index (χ3n) is 4.68. The molecule has 1 saturated heterocycles. The van der Waals surface area contributed by atoms with Crippen molar-refractivity contribution in [3.05, 3.63) is 56.7 Å². The molecule has 0 saturated carbocycles. The van der Waals surface area contributed by atoms with Crippen LogP contribution in [-0.4, -0.2) is 45.7 Å². The topological polar surface area (TPSA) is 38.0 Å². The molecular formula is C18H24BrN3OS+2. The van der Waals surface area contributed by atoms with E-state index in [0.29, 0.717) is 18.2 Å². The molecule has 1 aliphatic heterocycles. The zero-order chi connectivity index (χ0) is 16.9. The van der Waals surface area contributed by atoms with Gasteiger partial charge in [0.25, 0.3) is 5.91 Å². The molecule has 6 heteroatoms. The van der Waals surface area contributed by atoms with E-state index in [-0.39, 0.29) is 5.91 Å². The summed E-state index contributed by atoms with van der Waals surface area (Å²) in [6, 6.07) is 12.2. The smallest absolute Gasteiger partial charge is 0.251 e. The first kappa shape index (κ1) is 17.6. The zero-order valence-electron chi connectivity index (χ0n) is 13.8. The van der Waals surface area contributed by atoms with Gasteiger partial charge in [-0.15, -0.1) is 11.3 Å². The molecule has 3 N–H and O–H groups in total. The number of benzene rings is 1. The lowest BCUT2D eigenvalue weighted by Crippen LogP contribution is -3.27. The Kier molecular flexibility index (Phi) is 6.05. The van der Waals surface area contributed by atoms with E-state index < -0.39 is 0 Å². The van der Waals surface area contributed by atoms with Crippen LogP contribution in [0.15, 0.2) is 46.3 Å². The molecule has 0 radical (unpaired) electrons. The standard InChI is InChI=1S/C18H22BrN3OS/c1-21-7-9-22(10-8-21)16(17-6-3-11-24-17)13-20-18(23)14-4-2-5-15(19)12-14/h2-6,11-12,16H,7-10,13H2,1H3,(H,20,23)/p+2/t16-/m0/s1. The molecule has 0 aliphatic carbocycles. The van der Waals surface area contributed by atoms with Gasteiger partial charge in [0, 0.05) is 10.0 Å². The normalized spacial score (nSPS) is 22.1. The molecule has 1 aromatic carbocycles. The van der Waals surface area contributed by atoms with Gasteiger partial charge < -0.3 is 15.1 Å². The Hall–Kier alpha value is -1.21. The highest BCUT2D eigenvalue weighted by molar-refractivity contribution is 9.10. The molecule has 1 aromatic heterocycles. The van der Waals surface area contributed by atoms with Crippen molar-refractivity contribution >= 4 is 33.2 Å². The van der Waals surface area contributed by atoms with Crippen LogP contribution in [-0.2, 0) is 0 Å². The van der Waals surface area contributed by atoms with Crippen LogP contribution in [0.3, 0.4) is 0 Å². The summed E-state index contributed by atoms with van der Waals surface area (Å²) in [4.78, 5) is 17.0. The Morgan fingerprint density at radius 3 is 2.71 bits per heavy atom. The van der Waals surface area contributed by atoms with Crippen molar-refractivity contribution in [2.24, 2.45) is 0 Å². The Morgan fingerprint density at radius 1 is 1.25 bits per heavy atom. The highest BCUT2D eigenvalue weighted by atomic mass is 79.9. The third kappa shape index (κ3) is 4.45. The second-order valence-electron chi connectivity index (χ2n) is 6.40. The van der Waals surface area contributed by atoms with Crippen molar-refractivity contribution in [1.82, 2.24) is 5.32 Å². The molecule has 0 bridgehead atoms. The monoisotopic (exact) mass is 409 g/mol. The number of hydrogen-bond acceptors (Lipinski definition) is 2. The molecule has 0 unspecified atom stereocenters. The van der Waals surface area contributed by atoms with E-state index in [1.54, 1.807) is 21.1 Å². The van der Waals surface area contributed by atoms with E-state index in [0.717, 1.165) is 17.6 Å². The fourth-order valence-corrected chi connectivity index (χ4v) is 4.49. The maximum Gasteiger partial charge on any atom is 0.251 e. The molecular weight excluding hydrogens is 386 g/mol. The lowest BCUT2D eigenvalue weighted by atomic mass is 10.1. The van der Waals surface area contributed by atoms with E-state index in [2.05, 4.69) is 45.8 Å². The van der Waals surface area contributed by atoms with Crippen LogP contribution < -0.4 is 15.1 Å². The minimum atomic E-state index is -0.00277. The second kappa shape index (κ2) is 8.25. The predicted octanol–water partition coefficient (Wildman–Crippen LogP) is 0.395. The van der Waals surface area contributed by atoms with E-state index in [1.165, 1.54) is 18.0 Å². The first-order chi connectivity index (χ1) is 11.6. The molecule has 24 heavy (non-hydrogen) atoms. The van der Waals surface area contributed by atoms with Crippen molar-refractivity contribution in [1.29, 1.82) is 0 Å². The van der Waals surface area contributed by atoms with Crippen molar-refractivity contribution < 1.29 is 14.6 Å². The molecule has 4 nitrogen and oxygen atoms in total. The van der Waals surface area contributed by atoms with Gasteiger partial charge in [-0.3, -0.25) is 4.79 Å². The summed E-state index contributed by atoms with van der Waals surface area (Å²) in [5.74, 6) is -0.00277. The van der Waals surface area contributed by atoms with Gasteiger partial charge in [0.15, 0.2) is 0 Å². The van der Waals surface area contributed by atoms with Crippen molar-refractivity contribution in [3.8, 4) is 0 Å². The van der Waals surface area contributed by atoms with Crippen LogP contribution in [0.25, 0.3) is 0 Å². The highest BCUT2D eigenvalue weighted by Gasteiger charge is 2.30. The molecule has 128 valence electrons. The number of carbonyl (C=O) groups is 1. The molecule has 0 spiro atoms. The van der Waals surface area contributed by atoms with Gasteiger partial charge in [0.2, 0.25) is 0 Å². The summed E-state index contributed by atoms with van der Waals surface area (Å²) in [6.45, 7) is 5.37. The SMILES string of the molecule is C[NH+]1CC[NH+]([C@@H](CNC(=O)c2cccc(Br)c2)c2cccs2)CC1. The van der Waals surface area contributed by atoms with Crippen molar-refractivity contribution in [2.45, 2.75) is 6.04 Å². The highest BCUT2D eigenvalue weighted by Crippen LogP contribution is 2.16. The summed E-state index contributed by atoms with van der Waals surface area (Å²) in [5, 5.41) is 5.27. The number of halogens is 1. The summed E-state index contributed by atoms with van der Waals surface area (Å²) in [5.41, 5.74) is 0.701. The molecule has 2 aromatic rings. The Morgan fingerprint density at radius 2 is 2.04 bits per heavy atom. The number of carbonyl (C=O) groups excluding carboxylic acids is 1. The molecule has 2 heterocycles. The fourth-order valence-electron chi connectivity index (χ4n) is 3.21. The van der Waals surface area contributed by atoms with E-state index >= 15 is 0 Å². The lowest BCUT2D eigenvalue weighted by molar-refractivity contribution is -1.02. The number of nitrogens with one attached hydrogen (secondary N) is 3. The van der Waals surface area contributed by atoms with Crippen LogP contribution in [0.2, 0.25) is 0 Å². The number of likely N-dealkylation sites (N-methyl/N-ethyl adjacent to an activating group) is 1. The number of piperazine rings is 1. The summed E-state index contributed by atoms with van der Waals surface area (Å²) in [6.07, 6.45) is 0. The maximum absolute atomic E-state index is 12.5. The number of hydrogen-bond donors (Lipinski definition) is 3. The third-order valence-corrected chi connectivity index (χ3v) is 6.16. The molecule has 1 atom stereocenters. The van der Waals surface area contributed by atoms with Crippen LogP contribution in [0.5, 0.6) is 0 Å². The Bertz CT molecular complexity index is 669. The van der Waals surface area contributed by atoms with Crippen LogP contribution >= 0.6 is 27.3 Å². The molecule has 1 amide bonds. The average molecular weight is 410 g/mol. The van der Waals surface area contributed by atoms with Crippen LogP contribution in [0.1, 0.15) is 21.3 Å². The summed E-state index contributed by atoms with van der Waals surface area (Å²) < 4.78 is 0.928. The number of rotatable bonds is 5. The second-order valence-corrected chi connectivity index (χ2v) is 8.30. The Balaban J connectivity index is 1.67. The van der Waals surface area contributed by atoms with Crippen molar-refractivity contribution in [2.75, 3.05) is 39.8 Å². The zero-order valence-corrected chi connectivity index (χ0v) is 16.3. The quantitative estimate of drug-likeness (QED) is 0.656. The minimum absolute atomic E-state index is 0.00277. The molecule has 3 rings (SSSR count). The fraction of sp³-hybridized carbons (Fsp3) is 0.389. The van der Waals surface area contributed by atoms with Gasteiger partial charge in [-0.05, 0) is 29.6 Å². The van der Waals surface area contributed by atoms with Crippen LogP contribution in [0.4, 0.5) is 0 Å². The van der Waals surface area contributed by atoms with Gasteiger partial charge in [0.05, 0.1) is 18.5 Å². The minimum Gasteiger partial charge on any atom is -0.346 e. The maximum atomic E-state index is 12.5. The summed E-state index contributed by atoms with van der Waals surface area (Å²) >= 11 is 5.21. The first-order valence-corrected chi connectivity index (χ1v) is 10.0. The lowest BCUT2D eigenvalue weighted by Gasteiger charge is -2.33. The summed E-state index contributed by atoms with van der Waals surface area (Å²) in [7, 11) is 2.26. The number of thiophene rings is 1. The van der Waals surface area contributed by atoms with Crippen LogP contribution in [0, 0.1) is 0 Å². The van der Waals surface area contributed by atoms with E-state index in [9.17, 15) is 4.79 Å². The van der Waals surface area contributed by atoms with E-state index in [4.69, 9.17) is 0 Å².